The molecule has 3 N–H and O–H groups in total. The van der Waals surface area contributed by atoms with Gasteiger partial charge in [0.15, 0.2) is 5.96 Å². The highest BCUT2D eigenvalue weighted by atomic mass is 16.3. The number of carbonyl (C=O) groups is 1. The van der Waals surface area contributed by atoms with Crippen molar-refractivity contribution in [2.75, 3.05) is 52.4 Å². The highest BCUT2D eigenvalue weighted by Gasteiger charge is 2.19. The van der Waals surface area contributed by atoms with Crippen molar-refractivity contribution < 1.29 is 9.90 Å². The summed E-state index contributed by atoms with van der Waals surface area (Å²) in [6.07, 6.45) is 0.771. The molecule has 1 heterocycles. The van der Waals surface area contributed by atoms with Crippen LogP contribution in [0.1, 0.15) is 37.6 Å². The van der Waals surface area contributed by atoms with E-state index in [2.05, 4.69) is 41.2 Å². The summed E-state index contributed by atoms with van der Waals surface area (Å²) in [6, 6.07) is 6.37. The third-order valence-corrected chi connectivity index (χ3v) is 4.62. The lowest BCUT2D eigenvalue weighted by molar-refractivity contribution is 0.0953. The summed E-state index contributed by atoms with van der Waals surface area (Å²) in [4.78, 5) is 21.6. The number of amides is 1. The van der Waals surface area contributed by atoms with Crippen molar-refractivity contribution in [3.63, 3.8) is 0 Å². The van der Waals surface area contributed by atoms with Crippen LogP contribution in [-0.2, 0) is 0 Å². The second-order valence-corrected chi connectivity index (χ2v) is 7.58. The normalized spacial score (nSPS) is 15.7. The summed E-state index contributed by atoms with van der Waals surface area (Å²) in [5, 5.41) is 15.7. The maximum Gasteiger partial charge on any atom is 0.251 e. The molecule has 0 spiro atoms. The molecule has 1 aromatic rings. The maximum atomic E-state index is 12.1. The van der Waals surface area contributed by atoms with Gasteiger partial charge in [-0.15, -0.1) is 0 Å². The fourth-order valence-corrected chi connectivity index (χ4v) is 3.30. The predicted octanol–water partition coefficient (Wildman–Crippen LogP) is 1.75. The van der Waals surface area contributed by atoms with E-state index in [0.717, 1.165) is 51.6 Å². The van der Waals surface area contributed by atoms with Crippen molar-refractivity contribution in [1.29, 1.82) is 0 Å². The van der Waals surface area contributed by atoms with Crippen LogP contribution in [0.3, 0.4) is 0 Å². The van der Waals surface area contributed by atoms with Crippen molar-refractivity contribution in [3.8, 4) is 5.75 Å². The molecule has 0 aromatic heterocycles. The first kappa shape index (κ1) is 22.0. The average molecular weight is 390 g/mol. The van der Waals surface area contributed by atoms with Gasteiger partial charge in [0.25, 0.3) is 5.91 Å². The minimum atomic E-state index is -0.173. The first-order valence-corrected chi connectivity index (χ1v) is 10.3. The van der Waals surface area contributed by atoms with Crippen LogP contribution in [-0.4, -0.2) is 79.1 Å². The zero-order valence-electron chi connectivity index (χ0n) is 17.4. The van der Waals surface area contributed by atoms with Gasteiger partial charge in [-0.25, -0.2) is 0 Å². The van der Waals surface area contributed by atoms with Gasteiger partial charge in [-0.1, -0.05) is 19.9 Å². The number of aliphatic imine (C=N–C) groups is 1. The minimum Gasteiger partial charge on any atom is -0.508 e. The molecule has 1 saturated heterocycles. The highest BCUT2D eigenvalue weighted by molar-refractivity contribution is 5.94. The maximum absolute atomic E-state index is 12.1. The van der Waals surface area contributed by atoms with Crippen LogP contribution in [0.15, 0.2) is 29.3 Å². The van der Waals surface area contributed by atoms with E-state index in [1.165, 1.54) is 6.07 Å². The lowest BCUT2D eigenvalue weighted by Gasteiger charge is -2.37. The largest absolute Gasteiger partial charge is 0.508 e. The van der Waals surface area contributed by atoms with Gasteiger partial charge >= 0.3 is 0 Å². The number of benzene rings is 1. The molecule has 0 bridgehead atoms. The number of rotatable bonds is 8. The first-order chi connectivity index (χ1) is 13.5. The van der Waals surface area contributed by atoms with E-state index in [1.807, 2.05) is 0 Å². The number of carbonyl (C=O) groups excluding carboxylic acids is 1. The van der Waals surface area contributed by atoms with Gasteiger partial charge in [-0.05, 0) is 37.5 Å². The number of hydrogen-bond acceptors (Lipinski definition) is 4. The molecule has 0 saturated carbocycles. The molecule has 1 aliphatic heterocycles. The van der Waals surface area contributed by atoms with Crippen molar-refractivity contribution in [2.24, 2.45) is 10.9 Å². The summed E-state index contributed by atoms with van der Waals surface area (Å²) in [7, 11) is 0. The van der Waals surface area contributed by atoms with Crippen LogP contribution in [0.25, 0.3) is 0 Å². The van der Waals surface area contributed by atoms with E-state index < -0.39 is 0 Å². The Balaban J connectivity index is 1.74. The summed E-state index contributed by atoms with van der Waals surface area (Å²) in [6.45, 7) is 14.0. The monoisotopic (exact) mass is 389 g/mol. The van der Waals surface area contributed by atoms with E-state index in [-0.39, 0.29) is 11.7 Å². The summed E-state index contributed by atoms with van der Waals surface area (Å²) in [5.74, 6) is 1.59. The number of nitrogens with one attached hydrogen (secondary N) is 2. The third kappa shape index (κ3) is 7.38. The van der Waals surface area contributed by atoms with Gasteiger partial charge in [-0.2, -0.15) is 0 Å². The third-order valence-electron chi connectivity index (χ3n) is 4.62. The van der Waals surface area contributed by atoms with E-state index in [0.29, 0.717) is 24.6 Å². The van der Waals surface area contributed by atoms with Crippen molar-refractivity contribution >= 4 is 11.9 Å². The Hall–Kier alpha value is -2.28. The Morgan fingerprint density at radius 1 is 1.21 bits per heavy atom. The number of piperazine rings is 1. The molecule has 0 atom stereocenters. The molecule has 28 heavy (non-hydrogen) atoms. The average Bonchev–Trinajstić information content (AvgIpc) is 2.67. The summed E-state index contributed by atoms with van der Waals surface area (Å²) >= 11 is 0. The van der Waals surface area contributed by atoms with Crippen LogP contribution >= 0.6 is 0 Å². The van der Waals surface area contributed by atoms with Crippen molar-refractivity contribution in [1.82, 2.24) is 20.4 Å². The second kappa shape index (κ2) is 11.5. The van der Waals surface area contributed by atoms with Gasteiger partial charge in [0.05, 0.1) is 0 Å². The number of phenols is 1. The zero-order chi connectivity index (χ0) is 20.4. The van der Waals surface area contributed by atoms with E-state index in [4.69, 9.17) is 4.99 Å². The lowest BCUT2D eigenvalue weighted by atomic mass is 10.2. The molecule has 1 aromatic carbocycles. The van der Waals surface area contributed by atoms with Gasteiger partial charge < -0.3 is 20.6 Å². The number of hydrogen-bond donors (Lipinski definition) is 3. The van der Waals surface area contributed by atoms with E-state index in [1.54, 1.807) is 18.2 Å². The molecule has 1 amide bonds. The number of nitrogens with zero attached hydrogens (tertiary/aromatic N) is 3. The van der Waals surface area contributed by atoms with Gasteiger partial charge in [0.1, 0.15) is 5.75 Å². The van der Waals surface area contributed by atoms with Crippen molar-refractivity contribution in [2.45, 2.75) is 27.2 Å². The topological polar surface area (TPSA) is 80.2 Å². The van der Waals surface area contributed by atoms with Crippen LogP contribution in [0, 0.1) is 5.92 Å². The fraction of sp³-hybridized carbons (Fsp3) is 0.619. The quantitative estimate of drug-likeness (QED) is 0.359. The van der Waals surface area contributed by atoms with Crippen LogP contribution in [0.5, 0.6) is 5.75 Å². The fourth-order valence-electron chi connectivity index (χ4n) is 3.30. The number of phenolic OH excluding ortho intramolecular Hbond substituents is 1. The van der Waals surface area contributed by atoms with Crippen LogP contribution in [0.2, 0.25) is 0 Å². The molecule has 1 fully saturated rings. The molecule has 0 unspecified atom stereocenters. The molecular formula is C21H35N5O2. The molecular weight excluding hydrogens is 354 g/mol. The predicted molar refractivity (Wildman–Crippen MR) is 114 cm³/mol. The minimum absolute atomic E-state index is 0.0982. The number of aromatic hydroxyl groups is 1. The first-order valence-electron chi connectivity index (χ1n) is 10.3. The molecule has 0 aliphatic carbocycles. The van der Waals surface area contributed by atoms with Gasteiger partial charge in [0.2, 0.25) is 0 Å². The van der Waals surface area contributed by atoms with E-state index in [9.17, 15) is 9.90 Å². The van der Waals surface area contributed by atoms with Gasteiger partial charge in [0, 0.05) is 57.9 Å². The number of guanidine groups is 1. The summed E-state index contributed by atoms with van der Waals surface area (Å²) in [5.41, 5.74) is 0.469. The Morgan fingerprint density at radius 3 is 2.61 bits per heavy atom. The Morgan fingerprint density at radius 2 is 1.96 bits per heavy atom. The zero-order valence-corrected chi connectivity index (χ0v) is 17.4. The molecule has 0 radical (unpaired) electrons. The van der Waals surface area contributed by atoms with Crippen LogP contribution < -0.4 is 10.6 Å². The lowest BCUT2D eigenvalue weighted by Crippen LogP contribution is -2.53. The standard InChI is InChI=1S/C21H35N5O2/c1-4-22-21(26-13-11-25(12-14-26)16-17(2)3)24-10-6-9-23-20(28)18-7-5-8-19(27)15-18/h5,7-8,15,17,27H,4,6,9-14,16H2,1-3H3,(H,22,24)(H,23,28). The highest BCUT2D eigenvalue weighted by Crippen LogP contribution is 2.10. The van der Waals surface area contributed by atoms with Crippen molar-refractivity contribution in [3.05, 3.63) is 29.8 Å². The Bertz CT molecular complexity index is 639. The van der Waals surface area contributed by atoms with Gasteiger partial charge in [-0.3, -0.25) is 14.7 Å². The SMILES string of the molecule is CCNC(=NCCCNC(=O)c1cccc(O)c1)N1CCN(CC(C)C)CC1. The van der Waals surface area contributed by atoms with Crippen LogP contribution in [0.4, 0.5) is 0 Å². The second-order valence-electron chi connectivity index (χ2n) is 7.58. The molecule has 156 valence electrons. The molecule has 7 nitrogen and oxygen atoms in total. The summed E-state index contributed by atoms with van der Waals surface area (Å²) < 4.78 is 0. The molecule has 7 heteroatoms. The Kier molecular flexibility index (Phi) is 9.07. The van der Waals surface area contributed by atoms with E-state index >= 15 is 0 Å². The Labute approximate surface area is 168 Å². The smallest absolute Gasteiger partial charge is 0.251 e. The molecule has 1 aliphatic rings. The molecule has 2 rings (SSSR count).